The zero-order valence-corrected chi connectivity index (χ0v) is 53.7. The Morgan fingerprint density at radius 1 is 0.545 bits per heavy atom. The third-order valence-corrected chi connectivity index (χ3v) is 4.93. The van der Waals surface area contributed by atoms with Gasteiger partial charge in [0.25, 0.3) is 0 Å². The Labute approximate surface area is 443 Å². The van der Waals surface area contributed by atoms with Gasteiger partial charge >= 0.3 is 42.1 Å². The maximum atomic E-state index is 5.56. The van der Waals surface area contributed by atoms with Crippen molar-refractivity contribution in [3.8, 4) is 0 Å². The summed E-state index contributed by atoms with van der Waals surface area (Å²) in [6, 6.07) is 0. The fourth-order valence-corrected chi connectivity index (χ4v) is 3.16. The van der Waals surface area contributed by atoms with E-state index in [0.717, 1.165) is 0 Å². The molecule has 272 valence electrons. The fraction of sp³-hybridized carbons (Fsp3) is 0.714. The van der Waals surface area contributed by atoms with Crippen LogP contribution in [0.25, 0.3) is 0 Å². The topological polar surface area (TPSA) is 47.7 Å². The van der Waals surface area contributed by atoms with Gasteiger partial charge in [-0.15, -0.1) is 10.5 Å². The van der Waals surface area contributed by atoms with E-state index in [1.54, 1.807) is 0 Å². The Balaban J connectivity index is -0.0000000143. The van der Waals surface area contributed by atoms with Crippen molar-refractivity contribution >= 4 is 88.6 Å². The van der Waals surface area contributed by atoms with Gasteiger partial charge in [0.2, 0.25) is 0 Å². The molecule has 0 aromatic heterocycles. The van der Waals surface area contributed by atoms with E-state index in [4.69, 9.17) is 10.3 Å². The van der Waals surface area contributed by atoms with Gasteiger partial charge in [0.05, 0.1) is 0 Å². The van der Waals surface area contributed by atoms with Crippen LogP contribution in [-0.4, -0.2) is 59.5 Å². The quantitative estimate of drug-likeness (QED) is 0.204. The smallest absolute Gasteiger partial charge is 0.357 e. The van der Waals surface area contributed by atoms with Crippen LogP contribution in [0.3, 0.4) is 0 Å². The van der Waals surface area contributed by atoms with Crippen molar-refractivity contribution in [2.75, 3.05) is 49.0 Å². The van der Waals surface area contributed by atoms with Crippen molar-refractivity contribution in [1.82, 2.24) is 0 Å². The average Bonchev–Trinajstić information content (AvgIpc) is 2.84. The average molecular weight is 1430 g/mol. The second kappa shape index (κ2) is 142. The molecule has 0 aliphatic heterocycles. The minimum Gasteiger partial charge on any atom is -0.357 e. The first-order chi connectivity index (χ1) is 17.7. The molecule has 2 unspecified atom stereocenters. The maximum absolute atomic E-state index is 5.56. The van der Waals surface area contributed by atoms with E-state index >= 15 is 0 Å². The monoisotopic (exact) mass is 1430 g/mol. The molecule has 16 heteroatoms. The van der Waals surface area contributed by atoms with Gasteiger partial charge in [-0.2, -0.15) is 116 Å². The van der Waals surface area contributed by atoms with Crippen LogP contribution in [0.2, 0.25) is 0 Å². The van der Waals surface area contributed by atoms with Gasteiger partial charge in [-0.3, -0.25) is 22.8 Å². The van der Waals surface area contributed by atoms with Crippen molar-refractivity contribution in [1.29, 1.82) is 10.3 Å². The standard InChI is InChI=1S/2C5H11S2.2C4H9.2C3H7.2C2H5S.2H2NP.2Pt.4Y/c2*1-5(7-3)4-6-2;2*1-4(2)3;4*1-3-2;2*1-2;;;;;;/h2*5H,1,4H2,2-3H3;2*1-3H3;2*3H,1-2H3;2*1H2,2H3;2*1-2H;;;;;;/q8*-1;;;2*+2;;;;. The maximum Gasteiger partial charge on any atom is 2.00 e. The van der Waals surface area contributed by atoms with Gasteiger partial charge in [0.15, 0.2) is 0 Å². The molecule has 0 aliphatic carbocycles. The van der Waals surface area contributed by atoms with Crippen LogP contribution >= 0.6 is 88.6 Å². The van der Waals surface area contributed by atoms with Gasteiger partial charge in [0, 0.05) is 131 Å². The van der Waals surface area contributed by atoms with Crippen molar-refractivity contribution in [2.24, 2.45) is 0 Å². The summed E-state index contributed by atoms with van der Waals surface area (Å²) in [4.78, 5) is 0. The molecule has 2 nitrogen and oxygen atoms in total. The number of nitrogens with one attached hydrogen (secondary N) is 2. The zero-order chi connectivity index (χ0) is 33.4. The Bertz CT molecular complexity index is 259. The summed E-state index contributed by atoms with van der Waals surface area (Å²) < 4.78 is 0. The van der Waals surface area contributed by atoms with Crippen LogP contribution < -0.4 is 0 Å². The van der Waals surface area contributed by atoms with Gasteiger partial charge < -0.3 is 62.0 Å². The Morgan fingerprint density at radius 2 is 0.636 bits per heavy atom. The van der Waals surface area contributed by atoms with E-state index < -0.39 is 0 Å². The van der Waals surface area contributed by atoms with Crippen LogP contribution in [0, 0.1) is 61.4 Å². The molecule has 0 amide bonds. The van der Waals surface area contributed by atoms with Crippen molar-refractivity contribution in [2.45, 2.75) is 79.7 Å². The van der Waals surface area contributed by atoms with Crippen molar-refractivity contribution in [3.05, 3.63) is 51.0 Å². The van der Waals surface area contributed by atoms with Crippen LogP contribution in [0.5, 0.6) is 0 Å². The van der Waals surface area contributed by atoms with Gasteiger partial charge in [-0.1, -0.05) is 0 Å². The molecule has 0 saturated carbocycles. The number of hydrogen-bond acceptors (Lipinski definition) is 8. The molecule has 4 radical (unpaired) electrons. The minimum atomic E-state index is 0. The molecule has 44 heavy (non-hydrogen) atoms. The van der Waals surface area contributed by atoms with Crippen LogP contribution in [-0.2, 0) is 173 Å². The number of hydrogen-bond donors (Lipinski definition) is 2. The molecule has 0 saturated heterocycles. The second-order valence-corrected chi connectivity index (χ2v) is 12.6. The Hall–Kier alpha value is 8.09. The predicted molar refractivity (Wildman–Crippen MR) is 214 cm³/mol. The summed E-state index contributed by atoms with van der Waals surface area (Å²) in [5.74, 6) is 5.17. The van der Waals surface area contributed by atoms with E-state index in [1.165, 1.54) is 46.9 Å². The van der Waals surface area contributed by atoms with Crippen LogP contribution in [0.4, 0.5) is 0 Å². The van der Waals surface area contributed by atoms with E-state index in [2.05, 4.69) is 111 Å². The molecule has 0 bridgehead atoms. The molecule has 0 heterocycles. The summed E-state index contributed by atoms with van der Waals surface area (Å²) in [5.41, 5.74) is 0. The molecule has 0 rings (SSSR count). The molecule has 0 aliphatic rings. The molecular weight excluding hydrogens is 1360 g/mol. The fourth-order valence-electron chi connectivity index (χ4n) is 0.508. The predicted octanol–water partition coefficient (Wildman–Crippen LogP) is 13.6. The van der Waals surface area contributed by atoms with Crippen LogP contribution in [0.1, 0.15) is 69.2 Å². The largest absolute Gasteiger partial charge is 2.00 e. The first-order valence-electron chi connectivity index (χ1n) is 11.5. The first kappa shape index (κ1) is 104. The normalized spacial score (nSPS) is 7.95. The summed E-state index contributed by atoms with van der Waals surface area (Å²) in [5, 5.41) is 12.3. The molecule has 2 atom stereocenters. The van der Waals surface area contributed by atoms with Crippen LogP contribution in [0.15, 0.2) is 0 Å². The zero-order valence-electron chi connectivity index (χ0n) is 30.9. The summed E-state index contributed by atoms with van der Waals surface area (Å²) >= 11 is 10.3. The summed E-state index contributed by atoms with van der Waals surface area (Å²) in [7, 11) is 4.44. The molecule has 0 aromatic carbocycles. The Morgan fingerprint density at radius 3 is 0.659 bits per heavy atom. The minimum absolute atomic E-state index is 0. The summed E-state index contributed by atoms with van der Waals surface area (Å²) in [6.07, 6.45) is 23.1. The molecule has 2 N–H and O–H groups in total. The SMILES string of the molecule is C[C-](C)C.C[C-](C)C.C[CH-]C.C[CH-]C.N=P.N=P.[CH2-]C(CSC)SC.[CH2-]C(CSC)SC.[CH2-]SC.[CH2-]SC.[Pt+2].[Pt+2].[Y].[Y].[Y].[Y]. The number of rotatable bonds is 6. The van der Waals surface area contributed by atoms with E-state index in [9.17, 15) is 0 Å². The third-order valence-electron chi connectivity index (χ3n) is 1.37. The van der Waals surface area contributed by atoms with E-state index in [-0.39, 0.29) is 173 Å². The summed E-state index contributed by atoms with van der Waals surface area (Å²) in [6.45, 7) is 28.3. The van der Waals surface area contributed by atoms with Gasteiger partial charge in [-0.25, -0.2) is 0 Å². The van der Waals surface area contributed by atoms with Crippen molar-refractivity contribution in [3.63, 3.8) is 0 Å². The molecular formula is C28H68N2P2Pt2S6Y4-4. The molecule has 0 fully saturated rings. The molecule has 0 spiro atoms. The second-order valence-electron chi connectivity index (χ2n) is 7.36. The Kier molecular flexibility index (Phi) is 336. The molecule has 0 aromatic rings. The van der Waals surface area contributed by atoms with E-state index in [1.807, 2.05) is 100 Å². The first-order valence-corrected chi connectivity index (χ1v) is 20.7. The van der Waals surface area contributed by atoms with Gasteiger partial charge in [-0.05, 0) is 67.1 Å². The number of thioether (sulfide) groups is 6. The van der Waals surface area contributed by atoms with E-state index in [0.29, 0.717) is 10.5 Å². The van der Waals surface area contributed by atoms with Crippen molar-refractivity contribution < 1.29 is 173 Å². The third kappa shape index (κ3) is 369. The van der Waals surface area contributed by atoms with Gasteiger partial charge in [0.1, 0.15) is 0 Å².